The van der Waals surface area contributed by atoms with Crippen LogP contribution in [0.1, 0.15) is 44.4 Å². The third-order valence-electron chi connectivity index (χ3n) is 7.99. The Hall–Kier alpha value is -2.42. The van der Waals surface area contributed by atoms with Crippen LogP contribution in [-0.2, 0) is 27.3 Å². The van der Waals surface area contributed by atoms with Crippen molar-refractivity contribution < 1.29 is 12.9 Å². The second kappa shape index (κ2) is 8.61. The van der Waals surface area contributed by atoms with Crippen LogP contribution in [0, 0.1) is 0 Å². The standard InChI is InChI=1S/C27H36N4O3S/c1-26(2)21-11-10-19(18-22(21)27(3,4)25(26)29-35(5,32)33)12-13-30-14-16-31(17-15-30)24-20-8-6-7-9-23(20)34-28-24/h6-11,18,25,29H,12-17H2,1-5H3. The summed E-state index contributed by atoms with van der Waals surface area (Å²) in [5.74, 6) is 0.945. The number of aromatic nitrogens is 1. The van der Waals surface area contributed by atoms with Crippen LogP contribution in [0.5, 0.6) is 0 Å². The summed E-state index contributed by atoms with van der Waals surface area (Å²) in [6.07, 6.45) is 2.22. The molecule has 35 heavy (non-hydrogen) atoms. The molecule has 2 heterocycles. The number of hydrogen-bond donors (Lipinski definition) is 1. The molecular formula is C27H36N4O3S. The van der Waals surface area contributed by atoms with E-state index in [0.29, 0.717) is 0 Å². The molecule has 5 rings (SSSR count). The third kappa shape index (κ3) is 4.47. The largest absolute Gasteiger partial charge is 0.354 e. The third-order valence-corrected chi connectivity index (χ3v) is 8.66. The molecule has 3 aromatic rings. The molecule has 1 aliphatic heterocycles. The molecule has 0 spiro atoms. The van der Waals surface area contributed by atoms with Gasteiger partial charge in [0.1, 0.15) is 0 Å². The number of sulfonamides is 1. The van der Waals surface area contributed by atoms with Crippen molar-refractivity contribution >= 4 is 26.8 Å². The number of rotatable bonds is 6. The molecule has 0 saturated carbocycles. The zero-order valence-corrected chi connectivity index (χ0v) is 22.2. The van der Waals surface area contributed by atoms with E-state index in [4.69, 9.17) is 4.52 Å². The first-order valence-electron chi connectivity index (χ1n) is 12.4. The van der Waals surface area contributed by atoms with Gasteiger partial charge in [-0.2, -0.15) is 0 Å². The van der Waals surface area contributed by atoms with E-state index in [0.717, 1.165) is 55.9 Å². The average Bonchev–Trinajstić information content (AvgIpc) is 3.30. The monoisotopic (exact) mass is 496 g/mol. The van der Waals surface area contributed by atoms with Gasteiger partial charge in [-0.25, -0.2) is 13.1 Å². The van der Waals surface area contributed by atoms with Gasteiger partial charge in [0.05, 0.1) is 11.6 Å². The Morgan fingerprint density at radius 2 is 1.69 bits per heavy atom. The van der Waals surface area contributed by atoms with Crippen LogP contribution < -0.4 is 9.62 Å². The Morgan fingerprint density at radius 3 is 2.40 bits per heavy atom. The van der Waals surface area contributed by atoms with Crippen LogP contribution in [0.2, 0.25) is 0 Å². The topological polar surface area (TPSA) is 78.7 Å². The second-order valence-corrected chi connectivity index (χ2v) is 13.0. The molecule has 1 fully saturated rings. The Bertz CT molecular complexity index is 1340. The van der Waals surface area contributed by atoms with Gasteiger partial charge in [-0.1, -0.05) is 63.2 Å². The number of piperazine rings is 1. The number of hydrogen-bond acceptors (Lipinski definition) is 6. The van der Waals surface area contributed by atoms with Crippen molar-refractivity contribution in [1.29, 1.82) is 0 Å². The second-order valence-electron chi connectivity index (χ2n) is 11.2. The molecule has 1 N–H and O–H groups in total. The minimum Gasteiger partial charge on any atom is -0.354 e. The van der Waals surface area contributed by atoms with E-state index in [9.17, 15) is 8.42 Å². The molecule has 0 amide bonds. The van der Waals surface area contributed by atoms with Gasteiger partial charge in [0, 0.05) is 49.6 Å². The first-order chi connectivity index (χ1) is 16.5. The molecule has 1 aromatic heterocycles. The molecule has 1 aliphatic carbocycles. The summed E-state index contributed by atoms with van der Waals surface area (Å²) in [5, 5.41) is 5.39. The molecule has 1 saturated heterocycles. The van der Waals surface area contributed by atoms with Crippen LogP contribution in [-0.4, -0.2) is 63.5 Å². The maximum atomic E-state index is 12.1. The van der Waals surface area contributed by atoms with Gasteiger partial charge in [0.2, 0.25) is 10.0 Å². The van der Waals surface area contributed by atoms with Crippen LogP contribution >= 0.6 is 0 Å². The predicted molar refractivity (Wildman–Crippen MR) is 141 cm³/mol. The fourth-order valence-corrected chi connectivity index (χ4v) is 7.15. The molecular weight excluding hydrogens is 460 g/mol. The summed E-state index contributed by atoms with van der Waals surface area (Å²) in [5.41, 5.74) is 4.07. The van der Waals surface area contributed by atoms with Gasteiger partial charge in [-0.15, -0.1) is 0 Å². The zero-order valence-electron chi connectivity index (χ0n) is 21.3. The molecule has 2 aromatic carbocycles. The summed E-state index contributed by atoms with van der Waals surface area (Å²) in [6.45, 7) is 13.4. The molecule has 0 radical (unpaired) electrons. The SMILES string of the molecule is CC1(C)c2ccc(CCN3CCN(c4noc5ccccc45)CC3)cc2C(C)(C)C1NS(C)(=O)=O. The van der Waals surface area contributed by atoms with Gasteiger partial charge in [-0.3, -0.25) is 4.90 Å². The van der Waals surface area contributed by atoms with Gasteiger partial charge >= 0.3 is 0 Å². The van der Waals surface area contributed by atoms with Crippen molar-refractivity contribution in [3.8, 4) is 0 Å². The zero-order chi connectivity index (χ0) is 25.0. The Balaban J connectivity index is 1.24. The number of benzene rings is 2. The summed E-state index contributed by atoms with van der Waals surface area (Å²) in [4.78, 5) is 4.83. The first kappa shape index (κ1) is 24.3. The average molecular weight is 497 g/mol. The Labute approximate surface area is 208 Å². The smallest absolute Gasteiger partial charge is 0.209 e. The quantitative estimate of drug-likeness (QED) is 0.561. The maximum Gasteiger partial charge on any atom is 0.209 e. The van der Waals surface area contributed by atoms with E-state index in [1.165, 1.54) is 22.9 Å². The highest BCUT2D eigenvalue weighted by Gasteiger charge is 2.52. The lowest BCUT2D eigenvalue weighted by atomic mass is 9.76. The highest BCUT2D eigenvalue weighted by atomic mass is 32.2. The first-order valence-corrected chi connectivity index (χ1v) is 14.3. The van der Waals surface area contributed by atoms with Crippen molar-refractivity contribution in [2.75, 3.05) is 43.9 Å². The number of fused-ring (bicyclic) bond motifs is 2. The van der Waals surface area contributed by atoms with Crippen LogP contribution in [0.4, 0.5) is 5.82 Å². The van der Waals surface area contributed by atoms with Gasteiger partial charge < -0.3 is 9.42 Å². The lowest BCUT2D eigenvalue weighted by molar-refractivity contribution is 0.259. The van der Waals surface area contributed by atoms with Gasteiger partial charge in [0.25, 0.3) is 0 Å². The van der Waals surface area contributed by atoms with Crippen LogP contribution in [0.15, 0.2) is 47.0 Å². The molecule has 2 aliphatic rings. The number of para-hydroxylation sites is 1. The fraction of sp³-hybridized carbons (Fsp3) is 0.519. The lowest BCUT2D eigenvalue weighted by Gasteiger charge is -2.36. The van der Waals surface area contributed by atoms with Gasteiger partial charge in [0.15, 0.2) is 11.4 Å². The highest BCUT2D eigenvalue weighted by molar-refractivity contribution is 7.88. The Morgan fingerprint density at radius 1 is 1.00 bits per heavy atom. The lowest BCUT2D eigenvalue weighted by Crippen LogP contribution is -2.52. The maximum absolute atomic E-state index is 12.1. The van der Waals surface area contributed by atoms with E-state index < -0.39 is 10.0 Å². The van der Waals surface area contributed by atoms with Crippen molar-refractivity contribution in [1.82, 2.24) is 14.8 Å². The number of anilines is 1. The minimum absolute atomic E-state index is 0.184. The fourth-order valence-electron chi connectivity index (χ4n) is 6.13. The van der Waals surface area contributed by atoms with Crippen molar-refractivity contribution in [3.63, 3.8) is 0 Å². The minimum atomic E-state index is -3.31. The highest BCUT2D eigenvalue weighted by Crippen LogP contribution is 2.50. The molecule has 8 heteroatoms. The van der Waals surface area contributed by atoms with Crippen LogP contribution in [0.3, 0.4) is 0 Å². The molecule has 188 valence electrons. The number of nitrogens with one attached hydrogen (secondary N) is 1. The van der Waals surface area contributed by atoms with Crippen molar-refractivity contribution in [2.45, 2.75) is 51.0 Å². The van der Waals surface area contributed by atoms with Crippen molar-refractivity contribution in [3.05, 3.63) is 59.2 Å². The predicted octanol–water partition coefficient (Wildman–Crippen LogP) is 3.68. The molecule has 1 unspecified atom stereocenters. The molecule has 7 nitrogen and oxygen atoms in total. The van der Waals surface area contributed by atoms with E-state index in [1.54, 1.807) is 0 Å². The van der Waals surface area contributed by atoms with E-state index in [2.05, 4.69) is 71.6 Å². The normalized spacial score (nSPS) is 22.0. The Kier molecular flexibility index (Phi) is 5.97. The summed E-state index contributed by atoms with van der Waals surface area (Å²) in [7, 11) is -3.31. The van der Waals surface area contributed by atoms with Crippen LogP contribution in [0.25, 0.3) is 11.0 Å². The summed E-state index contributed by atoms with van der Waals surface area (Å²) < 4.78 is 32.6. The van der Waals surface area contributed by atoms with Gasteiger partial charge in [-0.05, 0) is 35.2 Å². The molecule has 1 atom stereocenters. The van der Waals surface area contributed by atoms with E-state index in [1.807, 2.05) is 18.2 Å². The summed E-state index contributed by atoms with van der Waals surface area (Å²) >= 11 is 0. The number of nitrogens with zero attached hydrogens (tertiary/aromatic N) is 3. The van der Waals surface area contributed by atoms with Crippen molar-refractivity contribution in [2.24, 2.45) is 0 Å². The molecule has 0 bridgehead atoms. The summed E-state index contributed by atoms with van der Waals surface area (Å²) in [6, 6.07) is 14.6. The van der Waals surface area contributed by atoms with E-state index in [-0.39, 0.29) is 16.9 Å². The van der Waals surface area contributed by atoms with E-state index >= 15 is 0 Å².